The summed E-state index contributed by atoms with van der Waals surface area (Å²) in [4.78, 5) is 24.2. The third-order valence-electron chi connectivity index (χ3n) is 3.81. The number of carbonyl (C=O) groups is 2. The van der Waals surface area contributed by atoms with Crippen LogP contribution in [0.5, 0.6) is 0 Å². The zero-order chi connectivity index (χ0) is 14.9. The summed E-state index contributed by atoms with van der Waals surface area (Å²) in [6.45, 7) is 1.97. The van der Waals surface area contributed by atoms with E-state index in [4.69, 9.17) is 11.5 Å². The van der Waals surface area contributed by atoms with Gasteiger partial charge in [-0.25, -0.2) is 0 Å². The van der Waals surface area contributed by atoms with Crippen molar-refractivity contribution in [3.05, 3.63) is 29.3 Å². The largest absolute Gasteiger partial charge is 0.370 e. The number of benzene rings is 1. The van der Waals surface area contributed by atoms with Gasteiger partial charge in [0.2, 0.25) is 11.8 Å². The molecule has 5 heteroatoms. The van der Waals surface area contributed by atoms with Gasteiger partial charge in [0.15, 0.2) is 0 Å². The molecule has 0 bridgehead atoms. The van der Waals surface area contributed by atoms with E-state index in [2.05, 4.69) is 0 Å². The molecule has 2 unspecified atom stereocenters. The topological polar surface area (TPSA) is 89.4 Å². The molecule has 0 radical (unpaired) electrons. The Hall–Kier alpha value is -1.88. The van der Waals surface area contributed by atoms with Crippen LogP contribution >= 0.6 is 0 Å². The van der Waals surface area contributed by atoms with E-state index in [1.54, 1.807) is 11.9 Å². The first-order valence-electron chi connectivity index (χ1n) is 6.81. The third-order valence-corrected chi connectivity index (χ3v) is 3.81. The maximum absolute atomic E-state index is 11.7. The highest BCUT2D eigenvalue weighted by atomic mass is 16.2. The number of anilines is 1. The van der Waals surface area contributed by atoms with Crippen LogP contribution in [0.15, 0.2) is 18.2 Å². The first kappa shape index (κ1) is 14.5. The van der Waals surface area contributed by atoms with Crippen LogP contribution in [0.3, 0.4) is 0 Å². The van der Waals surface area contributed by atoms with E-state index in [9.17, 15) is 9.59 Å². The van der Waals surface area contributed by atoms with Crippen LogP contribution in [0.4, 0.5) is 5.69 Å². The second-order valence-corrected chi connectivity index (χ2v) is 5.64. The highest BCUT2D eigenvalue weighted by Gasteiger charge is 2.24. The Bertz CT molecular complexity index is 542. The predicted octanol–water partition coefficient (Wildman–Crippen LogP) is 1.11. The minimum Gasteiger partial charge on any atom is -0.370 e. The normalized spacial score (nSPS) is 16.9. The van der Waals surface area contributed by atoms with Crippen LogP contribution in [0, 0.1) is 5.92 Å². The van der Waals surface area contributed by atoms with Gasteiger partial charge >= 0.3 is 0 Å². The van der Waals surface area contributed by atoms with Crippen molar-refractivity contribution >= 4 is 17.5 Å². The Kier molecular flexibility index (Phi) is 4.09. The lowest BCUT2D eigenvalue weighted by molar-refractivity contribution is -0.119. The third kappa shape index (κ3) is 2.99. The minimum absolute atomic E-state index is 0.104. The summed E-state index contributed by atoms with van der Waals surface area (Å²) in [7, 11) is 1.78. The molecule has 108 valence electrons. The van der Waals surface area contributed by atoms with Crippen LogP contribution < -0.4 is 16.4 Å². The lowest BCUT2D eigenvalue weighted by Gasteiger charge is -2.18. The SMILES string of the molecule is CC(CC(N)=O)CC(N)c1ccc2c(c1)CC(=O)N2C. The van der Waals surface area contributed by atoms with Crippen molar-refractivity contribution in [2.24, 2.45) is 17.4 Å². The van der Waals surface area contributed by atoms with Crippen molar-refractivity contribution in [3.63, 3.8) is 0 Å². The Morgan fingerprint density at radius 3 is 2.80 bits per heavy atom. The van der Waals surface area contributed by atoms with Crippen molar-refractivity contribution < 1.29 is 9.59 Å². The van der Waals surface area contributed by atoms with Crippen LogP contribution in [0.2, 0.25) is 0 Å². The Morgan fingerprint density at radius 1 is 1.45 bits per heavy atom. The molecule has 2 amide bonds. The van der Waals surface area contributed by atoms with Crippen LogP contribution in [-0.4, -0.2) is 18.9 Å². The summed E-state index contributed by atoms with van der Waals surface area (Å²) in [5, 5.41) is 0. The van der Waals surface area contributed by atoms with Gasteiger partial charge in [-0.1, -0.05) is 19.1 Å². The molecule has 1 aliphatic rings. The lowest BCUT2D eigenvalue weighted by Crippen LogP contribution is -2.20. The number of nitrogens with two attached hydrogens (primary N) is 2. The molecular formula is C15H21N3O2. The van der Waals surface area contributed by atoms with Gasteiger partial charge in [0.25, 0.3) is 0 Å². The summed E-state index contributed by atoms with van der Waals surface area (Å²) in [5.74, 6) is -0.0428. The molecule has 4 N–H and O–H groups in total. The number of primary amides is 1. The summed E-state index contributed by atoms with van der Waals surface area (Å²) in [6, 6.07) is 5.75. The Morgan fingerprint density at radius 2 is 2.15 bits per heavy atom. The second kappa shape index (κ2) is 5.63. The van der Waals surface area contributed by atoms with Crippen molar-refractivity contribution in [1.82, 2.24) is 0 Å². The van der Waals surface area contributed by atoms with Crippen LogP contribution in [-0.2, 0) is 16.0 Å². The fraction of sp³-hybridized carbons (Fsp3) is 0.467. The molecule has 0 saturated carbocycles. The van der Waals surface area contributed by atoms with E-state index in [1.165, 1.54) is 0 Å². The maximum Gasteiger partial charge on any atom is 0.231 e. The molecule has 0 aromatic heterocycles. The molecule has 0 spiro atoms. The fourth-order valence-electron chi connectivity index (χ4n) is 2.72. The van der Waals surface area contributed by atoms with Gasteiger partial charge in [-0.05, 0) is 29.5 Å². The minimum atomic E-state index is -0.300. The zero-order valence-electron chi connectivity index (χ0n) is 11.9. The van der Waals surface area contributed by atoms with Gasteiger partial charge < -0.3 is 16.4 Å². The first-order valence-corrected chi connectivity index (χ1v) is 6.81. The lowest BCUT2D eigenvalue weighted by atomic mass is 9.93. The van der Waals surface area contributed by atoms with E-state index in [-0.39, 0.29) is 23.8 Å². The van der Waals surface area contributed by atoms with E-state index >= 15 is 0 Å². The molecule has 1 aromatic rings. The van der Waals surface area contributed by atoms with Gasteiger partial charge in [0, 0.05) is 25.2 Å². The summed E-state index contributed by atoms with van der Waals surface area (Å²) < 4.78 is 0. The standard InChI is InChI=1S/C15H21N3O2/c1-9(6-14(17)19)5-12(16)10-3-4-13-11(7-10)8-15(20)18(13)2/h3-4,7,9,12H,5-6,8,16H2,1-2H3,(H2,17,19). The zero-order valence-corrected chi connectivity index (χ0v) is 11.9. The van der Waals surface area contributed by atoms with Crippen molar-refractivity contribution in [2.75, 3.05) is 11.9 Å². The van der Waals surface area contributed by atoms with E-state index < -0.39 is 0 Å². The van der Waals surface area contributed by atoms with Crippen LogP contribution in [0.1, 0.15) is 36.9 Å². The smallest absolute Gasteiger partial charge is 0.231 e. The molecule has 20 heavy (non-hydrogen) atoms. The summed E-state index contributed by atoms with van der Waals surface area (Å²) >= 11 is 0. The van der Waals surface area contributed by atoms with Gasteiger partial charge in [0.1, 0.15) is 0 Å². The maximum atomic E-state index is 11.7. The average molecular weight is 275 g/mol. The van der Waals surface area contributed by atoms with Crippen molar-refractivity contribution in [3.8, 4) is 0 Å². The van der Waals surface area contributed by atoms with Crippen molar-refractivity contribution in [2.45, 2.75) is 32.2 Å². The molecule has 2 atom stereocenters. The number of fused-ring (bicyclic) bond motifs is 1. The van der Waals surface area contributed by atoms with Gasteiger partial charge in [-0.2, -0.15) is 0 Å². The molecule has 1 aliphatic heterocycles. The monoisotopic (exact) mass is 275 g/mol. The molecule has 0 aliphatic carbocycles. The van der Waals surface area contributed by atoms with Crippen LogP contribution in [0.25, 0.3) is 0 Å². The van der Waals surface area contributed by atoms with Gasteiger partial charge in [-0.3, -0.25) is 9.59 Å². The summed E-state index contributed by atoms with van der Waals surface area (Å²) in [6.07, 6.45) is 1.48. The first-order chi connectivity index (χ1) is 9.38. The second-order valence-electron chi connectivity index (χ2n) is 5.64. The highest BCUT2D eigenvalue weighted by Crippen LogP contribution is 2.31. The summed E-state index contributed by atoms with van der Waals surface area (Å²) in [5.41, 5.74) is 14.4. The Labute approximate surface area is 118 Å². The molecule has 2 rings (SSSR count). The quantitative estimate of drug-likeness (QED) is 0.843. The number of likely N-dealkylation sites (N-methyl/N-ethyl adjacent to an activating group) is 1. The van der Waals surface area contributed by atoms with Crippen molar-refractivity contribution in [1.29, 1.82) is 0 Å². The fourth-order valence-corrected chi connectivity index (χ4v) is 2.72. The molecule has 0 fully saturated rings. The van der Waals surface area contributed by atoms with Gasteiger partial charge in [-0.15, -0.1) is 0 Å². The van der Waals surface area contributed by atoms with Gasteiger partial charge in [0.05, 0.1) is 6.42 Å². The molecule has 5 nitrogen and oxygen atoms in total. The average Bonchev–Trinajstić information content (AvgIpc) is 2.63. The number of rotatable bonds is 5. The van der Waals surface area contributed by atoms with E-state index in [0.29, 0.717) is 19.3 Å². The number of hydrogen-bond donors (Lipinski definition) is 2. The number of hydrogen-bond acceptors (Lipinski definition) is 3. The molecule has 1 heterocycles. The molecular weight excluding hydrogens is 254 g/mol. The van der Waals surface area contributed by atoms with E-state index in [1.807, 2.05) is 25.1 Å². The predicted molar refractivity (Wildman–Crippen MR) is 78.1 cm³/mol. The molecule has 1 aromatic carbocycles. The number of nitrogens with zero attached hydrogens (tertiary/aromatic N) is 1. The number of carbonyl (C=O) groups excluding carboxylic acids is 2. The molecule has 0 saturated heterocycles. The van der Waals surface area contributed by atoms with E-state index in [0.717, 1.165) is 16.8 Å². The Balaban J connectivity index is 2.09. The highest BCUT2D eigenvalue weighted by molar-refractivity contribution is 6.00. The number of amides is 2.